The zero-order valence-electron chi connectivity index (χ0n) is 24.4. The summed E-state index contributed by atoms with van der Waals surface area (Å²) in [6, 6.07) is 7.40. The fraction of sp³-hybridized carbons (Fsp3) is 0.500. The van der Waals surface area contributed by atoms with Gasteiger partial charge in [-0.05, 0) is 44.5 Å². The number of ether oxygens (including phenoxy) is 8. The Hall–Kier alpha value is -3.51. The molecule has 0 fully saturated rings. The van der Waals surface area contributed by atoms with Crippen molar-refractivity contribution in [3.05, 3.63) is 67.3 Å². The summed E-state index contributed by atoms with van der Waals surface area (Å²) >= 11 is 0. The first-order valence-electron chi connectivity index (χ1n) is 13.1. The van der Waals surface area contributed by atoms with Crippen LogP contribution in [0.3, 0.4) is 0 Å². The summed E-state index contributed by atoms with van der Waals surface area (Å²) in [5, 5.41) is 0. The zero-order valence-corrected chi connectivity index (χ0v) is 24.4. The average Bonchev–Trinajstić information content (AvgIpc) is 2.94. The highest BCUT2D eigenvalue weighted by atomic mass is 16.7. The lowest BCUT2D eigenvalue weighted by molar-refractivity contribution is -0.159. The van der Waals surface area contributed by atoms with Crippen LogP contribution < -0.4 is 4.74 Å². The smallest absolute Gasteiger partial charge is 0.330 e. The quantitative estimate of drug-likeness (QED) is 0.0529. The van der Waals surface area contributed by atoms with E-state index in [-0.39, 0.29) is 19.8 Å². The molecule has 1 rings (SSSR count). The van der Waals surface area contributed by atoms with Gasteiger partial charge in [-0.1, -0.05) is 24.8 Å². The molecular weight excluding hydrogens is 536 g/mol. The third kappa shape index (κ3) is 15.2. The van der Waals surface area contributed by atoms with Crippen LogP contribution in [-0.2, 0) is 54.1 Å². The summed E-state index contributed by atoms with van der Waals surface area (Å²) in [5.74, 6) is -1.20. The van der Waals surface area contributed by atoms with E-state index in [9.17, 15) is 14.4 Å². The number of rotatable bonds is 21. The number of hydrogen-bond acceptors (Lipinski definition) is 11. The predicted octanol–water partition coefficient (Wildman–Crippen LogP) is 3.70. The van der Waals surface area contributed by atoms with Gasteiger partial charge in [-0.15, -0.1) is 6.58 Å². The standard InChI is InChI=1S/C30H42O11/c1-8-26(37-19-24-10-12-25(35-7)13-11-24)22(4)41-30(33)18-21(3)39-29(32)15-14-27(23(5)40-28(31)9-2)38-20-36-17-16-34-6/h8-15,21-23,26-27H,1-2,16-20H2,3-7H3/b15-14+/t21-,22-,23-,26+,27+/m0/s1. The lowest BCUT2D eigenvalue weighted by Gasteiger charge is -2.22. The van der Waals surface area contributed by atoms with Gasteiger partial charge in [-0.2, -0.15) is 0 Å². The second kappa shape index (κ2) is 20.4. The molecule has 0 aliphatic heterocycles. The van der Waals surface area contributed by atoms with Crippen LogP contribution in [0.15, 0.2) is 61.7 Å². The Morgan fingerprint density at radius 3 is 2.15 bits per heavy atom. The van der Waals surface area contributed by atoms with Crippen LogP contribution in [0.25, 0.3) is 0 Å². The fourth-order valence-corrected chi connectivity index (χ4v) is 3.29. The largest absolute Gasteiger partial charge is 0.497 e. The van der Waals surface area contributed by atoms with E-state index >= 15 is 0 Å². The van der Waals surface area contributed by atoms with E-state index < -0.39 is 48.4 Å². The van der Waals surface area contributed by atoms with Gasteiger partial charge in [0, 0.05) is 19.3 Å². The molecule has 0 heterocycles. The van der Waals surface area contributed by atoms with Crippen molar-refractivity contribution < 1.29 is 52.3 Å². The molecule has 41 heavy (non-hydrogen) atoms. The van der Waals surface area contributed by atoms with E-state index in [1.165, 1.54) is 13.2 Å². The Morgan fingerprint density at radius 1 is 0.854 bits per heavy atom. The molecule has 228 valence electrons. The molecule has 0 radical (unpaired) electrons. The summed E-state index contributed by atoms with van der Waals surface area (Å²) in [5.41, 5.74) is 0.921. The first kappa shape index (κ1) is 35.5. The highest BCUT2D eigenvalue weighted by Crippen LogP contribution is 2.15. The molecule has 1 aromatic carbocycles. The topological polar surface area (TPSA) is 125 Å². The Bertz CT molecular complexity index is 973. The van der Waals surface area contributed by atoms with Crippen LogP contribution >= 0.6 is 0 Å². The summed E-state index contributed by atoms with van der Waals surface area (Å²) < 4.78 is 42.7. The third-order valence-electron chi connectivity index (χ3n) is 5.51. The van der Waals surface area contributed by atoms with Crippen molar-refractivity contribution in [1.29, 1.82) is 0 Å². The van der Waals surface area contributed by atoms with Crippen LogP contribution in [0, 0.1) is 0 Å². The minimum atomic E-state index is -0.816. The van der Waals surface area contributed by atoms with Crippen LogP contribution in [0.5, 0.6) is 5.75 Å². The van der Waals surface area contributed by atoms with Gasteiger partial charge in [-0.3, -0.25) is 4.79 Å². The van der Waals surface area contributed by atoms with Crippen molar-refractivity contribution >= 4 is 17.9 Å². The van der Waals surface area contributed by atoms with Crippen molar-refractivity contribution in [2.45, 2.75) is 64.3 Å². The van der Waals surface area contributed by atoms with Crippen molar-refractivity contribution in [1.82, 2.24) is 0 Å². The Kier molecular flexibility index (Phi) is 17.7. The molecule has 5 atom stereocenters. The lowest BCUT2D eigenvalue weighted by atomic mass is 10.2. The molecule has 0 N–H and O–H groups in total. The van der Waals surface area contributed by atoms with Crippen LogP contribution in [0.2, 0.25) is 0 Å². The average molecular weight is 579 g/mol. The van der Waals surface area contributed by atoms with Crippen molar-refractivity contribution in [2.24, 2.45) is 0 Å². The molecule has 1 aromatic rings. The number of esters is 3. The Balaban J connectivity index is 2.57. The molecule has 0 saturated heterocycles. The predicted molar refractivity (Wildman–Crippen MR) is 150 cm³/mol. The highest BCUT2D eigenvalue weighted by molar-refractivity contribution is 5.83. The molecule has 0 saturated carbocycles. The third-order valence-corrected chi connectivity index (χ3v) is 5.51. The molecule has 0 bridgehead atoms. The van der Waals surface area contributed by atoms with Crippen molar-refractivity contribution in [3.8, 4) is 5.75 Å². The van der Waals surface area contributed by atoms with E-state index in [1.54, 1.807) is 34.0 Å². The van der Waals surface area contributed by atoms with Gasteiger partial charge in [0.25, 0.3) is 0 Å². The SMILES string of the molecule is C=CC(=O)O[C@@H](C)[C@@H](/C=C/C(=O)O[C@@H](C)CC(=O)O[C@@H](C)[C@@H](C=C)OCc1ccc(OC)cc1)OCOCCOC. The molecular formula is C30H42O11. The minimum Gasteiger partial charge on any atom is -0.497 e. The first-order valence-corrected chi connectivity index (χ1v) is 13.1. The summed E-state index contributed by atoms with van der Waals surface area (Å²) in [6.45, 7) is 12.8. The van der Waals surface area contributed by atoms with Crippen LogP contribution in [0.4, 0.5) is 0 Å². The number of carbonyl (C=O) groups is 3. The second-order valence-electron chi connectivity index (χ2n) is 8.86. The number of benzene rings is 1. The molecule has 0 aromatic heterocycles. The molecule has 0 aliphatic rings. The zero-order chi connectivity index (χ0) is 30.6. The minimum absolute atomic E-state index is 0.126. The van der Waals surface area contributed by atoms with Crippen LogP contribution in [-0.4, -0.2) is 82.7 Å². The summed E-state index contributed by atoms with van der Waals surface area (Å²) in [4.78, 5) is 36.4. The molecule has 11 nitrogen and oxygen atoms in total. The van der Waals surface area contributed by atoms with Gasteiger partial charge in [-0.25, -0.2) is 9.59 Å². The Labute approximate surface area is 242 Å². The second-order valence-corrected chi connectivity index (χ2v) is 8.86. The first-order chi connectivity index (χ1) is 19.6. The highest BCUT2D eigenvalue weighted by Gasteiger charge is 2.23. The normalized spacial score (nSPS) is 14.8. The molecule has 0 aliphatic carbocycles. The van der Waals surface area contributed by atoms with Crippen molar-refractivity contribution in [2.75, 3.05) is 34.2 Å². The maximum absolute atomic E-state index is 12.5. The molecule has 0 amide bonds. The fourth-order valence-electron chi connectivity index (χ4n) is 3.29. The van der Waals surface area contributed by atoms with E-state index in [2.05, 4.69) is 13.2 Å². The monoisotopic (exact) mass is 578 g/mol. The van der Waals surface area contributed by atoms with E-state index in [1.807, 2.05) is 24.3 Å². The van der Waals surface area contributed by atoms with Gasteiger partial charge >= 0.3 is 17.9 Å². The maximum atomic E-state index is 12.5. The van der Waals surface area contributed by atoms with Gasteiger partial charge < -0.3 is 37.9 Å². The summed E-state index contributed by atoms with van der Waals surface area (Å²) in [7, 11) is 3.13. The van der Waals surface area contributed by atoms with Gasteiger partial charge in [0.05, 0.1) is 33.4 Å². The number of hydrogen-bond donors (Lipinski definition) is 0. The van der Waals surface area contributed by atoms with Gasteiger partial charge in [0.15, 0.2) is 0 Å². The van der Waals surface area contributed by atoms with Crippen LogP contribution in [0.1, 0.15) is 32.8 Å². The maximum Gasteiger partial charge on any atom is 0.330 e. The summed E-state index contributed by atoms with van der Waals surface area (Å²) in [6.07, 6.45) is 1.40. The number of carbonyl (C=O) groups excluding carboxylic acids is 3. The molecule has 0 spiro atoms. The number of methoxy groups -OCH3 is 2. The van der Waals surface area contributed by atoms with E-state index in [4.69, 9.17) is 37.9 Å². The lowest BCUT2D eigenvalue weighted by Crippen LogP contribution is -2.31. The van der Waals surface area contributed by atoms with E-state index in [0.29, 0.717) is 13.2 Å². The Morgan fingerprint density at radius 2 is 1.54 bits per heavy atom. The van der Waals surface area contributed by atoms with E-state index in [0.717, 1.165) is 23.5 Å². The molecule has 11 heteroatoms. The van der Waals surface area contributed by atoms with Gasteiger partial charge in [0.1, 0.15) is 43.1 Å². The van der Waals surface area contributed by atoms with Crippen molar-refractivity contribution in [3.63, 3.8) is 0 Å². The molecule has 0 unspecified atom stereocenters. The van der Waals surface area contributed by atoms with Gasteiger partial charge in [0.2, 0.25) is 0 Å².